The van der Waals surface area contributed by atoms with Crippen LogP contribution in [0.4, 0.5) is 5.82 Å². The third kappa shape index (κ3) is 3.89. The van der Waals surface area contributed by atoms with E-state index in [1.807, 2.05) is 4.90 Å². The maximum absolute atomic E-state index is 12.2. The number of carbonyl (C=O) groups excluding carboxylic acids is 2. The van der Waals surface area contributed by atoms with E-state index in [1.165, 1.54) is 12.5 Å². The zero-order valence-corrected chi connectivity index (χ0v) is 13.2. The van der Waals surface area contributed by atoms with E-state index in [4.69, 9.17) is 4.42 Å². The Hall–Kier alpha value is -2.90. The number of rotatable bonds is 5. The number of carbonyl (C=O) groups is 2. The summed E-state index contributed by atoms with van der Waals surface area (Å²) in [6, 6.07) is 1.59. The van der Waals surface area contributed by atoms with Crippen LogP contribution in [0.3, 0.4) is 0 Å². The molecule has 126 valence electrons. The van der Waals surface area contributed by atoms with Crippen molar-refractivity contribution in [3.63, 3.8) is 0 Å². The smallest absolute Gasteiger partial charge is 0.254 e. The number of nitrogens with zero attached hydrogens (tertiary/aromatic N) is 4. The van der Waals surface area contributed by atoms with Gasteiger partial charge in [-0.15, -0.1) is 0 Å². The van der Waals surface area contributed by atoms with Gasteiger partial charge in [-0.3, -0.25) is 14.6 Å². The minimum Gasteiger partial charge on any atom is -0.472 e. The Kier molecular flexibility index (Phi) is 5.05. The maximum atomic E-state index is 12.2. The lowest BCUT2D eigenvalue weighted by molar-refractivity contribution is -0.131. The Labute approximate surface area is 139 Å². The number of anilines is 1. The number of hydrogen-bond donors (Lipinski definition) is 1. The average molecular weight is 329 g/mol. The Bertz CT molecular complexity index is 666. The zero-order valence-electron chi connectivity index (χ0n) is 13.2. The first-order valence-corrected chi connectivity index (χ1v) is 7.83. The maximum Gasteiger partial charge on any atom is 0.254 e. The Morgan fingerprint density at radius 1 is 1.21 bits per heavy atom. The summed E-state index contributed by atoms with van der Waals surface area (Å²) in [6.07, 6.45) is 8.13. The summed E-state index contributed by atoms with van der Waals surface area (Å²) in [7, 11) is 0. The number of amides is 2. The van der Waals surface area contributed by atoms with E-state index in [-0.39, 0.29) is 18.2 Å². The minimum atomic E-state index is -0.232. The van der Waals surface area contributed by atoms with Gasteiger partial charge in [0, 0.05) is 51.5 Å². The first-order chi connectivity index (χ1) is 11.7. The average Bonchev–Trinajstić information content (AvgIpc) is 3.17. The molecule has 1 aliphatic rings. The second-order valence-corrected chi connectivity index (χ2v) is 5.45. The van der Waals surface area contributed by atoms with Gasteiger partial charge in [0.05, 0.1) is 18.0 Å². The third-order valence-electron chi connectivity index (χ3n) is 3.91. The molecule has 3 heterocycles. The third-order valence-corrected chi connectivity index (χ3v) is 3.91. The molecule has 0 aromatic carbocycles. The summed E-state index contributed by atoms with van der Waals surface area (Å²) >= 11 is 0. The van der Waals surface area contributed by atoms with Crippen LogP contribution in [0.2, 0.25) is 0 Å². The minimum absolute atomic E-state index is 0.0429. The SMILES string of the molecule is O=C(NCCC(=O)N1CCN(c2cnccn2)CC1)c1ccoc1. The number of aromatic nitrogens is 2. The lowest BCUT2D eigenvalue weighted by Crippen LogP contribution is -2.49. The number of piperazine rings is 1. The highest BCUT2D eigenvalue weighted by Crippen LogP contribution is 2.11. The van der Waals surface area contributed by atoms with Crippen molar-refractivity contribution in [3.05, 3.63) is 42.7 Å². The molecule has 2 aromatic rings. The van der Waals surface area contributed by atoms with Crippen molar-refractivity contribution in [2.75, 3.05) is 37.6 Å². The molecule has 1 saturated heterocycles. The first kappa shape index (κ1) is 16.0. The fraction of sp³-hybridized carbons (Fsp3) is 0.375. The molecular formula is C16H19N5O3. The Morgan fingerprint density at radius 2 is 2.04 bits per heavy atom. The Balaban J connectivity index is 1.40. The lowest BCUT2D eigenvalue weighted by atomic mass is 10.2. The molecule has 0 bridgehead atoms. The van der Waals surface area contributed by atoms with Gasteiger partial charge in [0.15, 0.2) is 0 Å². The molecule has 3 rings (SSSR count). The second kappa shape index (κ2) is 7.58. The number of nitrogens with one attached hydrogen (secondary N) is 1. The molecule has 0 atom stereocenters. The van der Waals surface area contributed by atoms with E-state index in [1.54, 1.807) is 24.7 Å². The zero-order chi connectivity index (χ0) is 16.8. The van der Waals surface area contributed by atoms with Crippen molar-refractivity contribution in [3.8, 4) is 0 Å². The summed E-state index contributed by atoms with van der Waals surface area (Å²) in [4.78, 5) is 36.2. The second-order valence-electron chi connectivity index (χ2n) is 5.45. The van der Waals surface area contributed by atoms with Crippen LogP contribution in [-0.2, 0) is 4.79 Å². The molecule has 8 heteroatoms. The molecule has 2 aromatic heterocycles. The van der Waals surface area contributed by atoms with Crippen molar-refractivity contribution in [2.24, 2.45) is 0 Å². The van der Waals surface area contributed by atoms with Crippen LogP contribution in [0, 0.1) is 0 Å². The van der Waals surface area contributed by atoms with E-state index in [0.717, 1.165) is 18.9 Å². The van der Waals surface area contributed by atoms with Crippen LogP contribution in [-0.4, -0.2) is 59.4 Å². The van der Waals surface area contributed by atoms with Crippen molar-refractivity contribution < 1.29 is 14.0 Å². The number of furan rings is 1. The van der Waals surface area contributed by atoms with Crippen LogP contribution in [0.25, 0.3) is 0 Å². The van der Waals surface area contributed by atoms with E-state index >= 15 is 0 Å². The molecule has 1 fully saturated rings. The summed E-state index contributed by atoms with van der Waals surface area (Å²) < 4.78 is 4.85. The van der Waals surface area contributed by atoms with Crippen molar-refractivity contribution in [1.82, 2.24) is 20.2 Å². The fourth-order valence-electron chi connectivity index (χ4n) is 2.58. The van der Waals surface area contributed by atoms with Crippen molar-refractivity contribution >= 4 is 17.6 Å². The summed E-state index contributed by atoms with van der Waals surface area (Å²) in [5.41, 5.74) is 0.458. The van der Waals surface area contributed by atoms with Crippen LogP contribution < -0.4 is 10.2 Å². The number of hydrogen-bond acceptors (Lipinski definition) is 6. The molecule has 24 heavy (non-hydrogen) atoms. The first-order valence-electron chi connectivity index (χ1n) is 7.83. The van der Waals surface area contributed by atoms with E-state index in [0.29, 0.717) is 25.2 Å². The van der Waals surface area contributed by atoms with Crippen molar-refractivity contribution in [2.45, 2.75) is 6.42 Å². The van der Waals surface area contributed by atoms with Gasteiger partial charge < -0.3 is 19.5 Å². The predicted octanol–water partition coefficient (Wildman–Crippen LogP) is 0.538. The molecule has 0 aliphatic carbocycles. The van der Waals surface area contributed by atoms with E-state index in [9.17, 15) is 9.59 Å². The van der Waals surface area contributed by atoms with Crippen LogP contribution in [0.15, 0.2) is 41.6 Å². The van der Waals surface area contributed by atoms with Gasteiger partial charge >= 0.3 is 0 Å². The molecule has 0 spiro atoms. The van der Waals surface area contributed by atoms with Gasteiger partial charge in [-0.25, -0.2) is 4.98 Å². The quantitative estimate of drug-likeness (QED) is 0.861. The topological polar surface area (TPSA) is 91.6 Å². The van der Waals surface area contributed by atoms with Gasteiger partial charge in [-0.05, 0) is 6.07 Å². The van der Waals surface area contributed by atoms with Crippen LogP contribution in [0.5, 0.6) is 0 Å². The van der Waals surface area contributed by atoms with Gasteiger partial charge in [-0.1, -0.05) is 0 Å². The van der Waals surface area contributed by atoms with Gasteiger partial charge in [0.25, 0.3) is 5.91 Å². The van der Waals surface area contributed by atoms with E-state index in [2.05, 4.69) is 20.2 Å². The lowest BCUT2D eigenvalue weighted by Gasteiger charge is -2.35. The molecule has 0 saturated carbocycles. The van der Waals surface area contributed by atoms with Gasteiger partial charge in [0.1, 0.15) is 12.1 Å². The standard InChI is InChI=1S/C16H19N5O3/c22-15(1-3-19-16(23)13-2-10-24-12-13)21-8-6-20(7-9-21)14-11-17-4-5-18-14/h2,4-5,10-12H,1,3,6-9H2,(H,19,23). The Morgan fingerprint density at radius 3 is 2.71 bits per heavy atom. The predicted molar refractivity (Wildman–Crippen MR) is 86.5 cm³/mol. The van der Waals surface area contributed by atoms with Crippen molar-refractivity contribution in [1.29, 1.82) is 0 Å². The molecule has 1 N–H and O–H groups in total. The molecule has 2 amide bonds. The molecule has 0 radical (unpaired) electrons. The van der Waals surface area contributed by atoms with Gasteiger partial charge in [0.2, 0.25) is 5.91 Å². The molecule has 0 unspecified atom stereocenters. The highest BCUT2D eigenvalue weighted by molar-refractivity contribution is 5.94. The molecule has 8 nitrogen and oxygen atoms in total. The van der Waals surface area contributed by atoms with Crippen LogP contribution >= 0.6 is 0 Å². The normalized spacial score (nSPS) is 14.5. The van der Waals surface area contributed by atoms with Gasteiger partial charge in [-0.2, -0.15) is 0 Å². The highest BCUT2D eigenvalue weighted by atomic mass is 16.3. The largest absolute Gasteiger partial charge is 0.472 e. The van der Waals surface area contributed by atoms with Crippen LogP contribution in [0.1, 0.15) is 16.8 Å². The van der Waals surface area contributed by atoms with E-state index < -0.39 is 0 Å². The summed E-state index contributed by atoms with van der Waals surface area (Å²) in [5, 5.41) is 2.71. The summed E-state index contributed by atoms with van der Waals surface area (Å²) in [6.45, 7) is 3.06. The molecular weight excluding hydrogens is 310 g/mol. The highest BCUT2D eigenvalue weighted by Gasteiger charge is 2.21. The monoisotopic (exact) mass is 329 g/mol. The molecule has 1 aliphatic heterocycles. The fourth-order valence-corrected chi connectivity index (χ4v) is 2.58. The summed E-state index contributed by atoms with van der Waals surface area (Å²) in [5.74, 6) is 0.641.